The smallest absolute Gasteiger partial charge is 0.534 e. The molecule has 1 aliphatic rings. The van der Waals surface area contributed by atoms with E-state index in [1.807, 2.05) is 0 Å². The molecule has 1 aliphatic heterocycles. The molecule has 2 nitrogen and oxygen atoms in total. The van der Waals surface area contributed by atoms with Crippen LogP contribution >= 0.6 is 0 Å². The van der Waals surface area contributed by atoms with Gasteiger partial charge in [-0.25, -0.2) is 0 Å². The molecule has 0 unspecified atom stereocenters. The summed E-state index contributed by atoms with van der Waals surface area (Å²) in [5.41, 5.74) is -0.787. The van der Waals surface area contributed by atoms with E-state index >= 15 is 0 Å². The van der Waals surface area contributed by atoms with Crippen molar-refractivity contribution in [2.75, 3.05) is 0 Å². The lowest BCUT2D eigenvalue weighted by molar-refractivity contribution is -0.137. The number of alkyl halides is 3. The van der Waals surface area contributed by atoms with Gasteiger partial charge < -0.3 is 9.31 Å². The molecule has 96 valence electrons. The van der Waals surface area contributed by atoms with Crippen LogP contribution in [0, 0.1) is 0 Å². The molecule has 1 aromatic rings. The van der Waals surface area contributed by atoms with Gasteiger partial charge >= 0.3 is 13.3 Å². The SMILES string of the molecule is C=C1OB(c2ccc(C(F)(F)F)cc2)OC1(C)C. The topological polar surface area (TPSA) is 18.5 Å². The van der Waals surface area contributed by atoms with Crippen LogP contribution in [-0.2, 0) is 15.5 Å². The molecular formula is C12H12BF3O2. The minimum atomic E-state index is -4.33. The summed E-state index contributed by atoms with van der Waals surface area (Å²) in [6, 6.07) is 4.72. The lowest BCUT2D eigenvalue weighted by atomic mass is 9.79. The normalized spacial score (nSPS) is 18.9. The minimum Gasteiger partial charge on any atom is -0.534 e. The van der Waals surface area contributed by atoms with Crippen molar-refractivity contribution in [1.29, 1.82) is 0 Å². The van der Waals surface area contributed by atoms with Crippen molar-refractivity contribution < 1.29 is 22.5 Å². The third kappa shape index (κ3) is 2.38. The van der Waals surface area contributed by atoms with Crippen LogP contribution in [-0.4, -0.2) is 12.7 Å². The number of benzene rings is 1. The van der Waals surface area contributed by atoms with Crippen molar-refractivity contribution >= 4 is 12.6 Å². The molecule has 0 atom stereocenters. The molecule has 0 bridgehead atoms. The standard InChI is InChI=1S/C12H12BF3O2/c1-8-11(2,3)18-13(17-8)10-6-4-9(5-7-10)12(14,15)16/h4-7H,1H2,2-3H3. The Balaban J connectivity index is 2.20. The quantitative estimate of drug-likeness (QED) is 0.719. The van der Waals surface area contributed by atoms with Gasteiger partial charge in [-0.15, -0.1) is 0 Å². The summed E-state index contributed by atoms with van der Waals surface area (Å²) in [5, 5.41) is 0. The van der Waals surface area contributed by atoms with Crippen LogP contribution in [0.3, 0.4) is 0 Å². The lowest BCUT2D eigenvalue weighted by Crippen LogP contribution is -2.34. The van der Waals surface area contributed by atoms with E-state index < -0.39 is 24.5 Å². The van der Waals surface area contributed by atoms with Crippen molar-refractivity contribution in [2.45, 2.75) is 25.6 Å². The van der Waals surface area contributed by atoms with Gasteiger partial charge in [0.15, 0.2) is 0 Å². The maximum Gasteiger partial charge on any atom is 0.563 e. The van der Waals surface area contributed by atoms with Crippen molar-refractivity contribution in [1.82, 2.24) is 0 Å². The van der Waals surface area contributed by atoms with Crippen molar-refractivity contribution in [3.05, 3.63) is 42.2 Å². The molecule has 1 saturated heterocycles. The fraction of sp³-hybridized carbons (Fsp3) is 0.333. The molecule has 18 heavy (non-hydrogen) atoms. The maximum atomic E-state index is 12.4. The molecular weight excluding hydrogens is 244 g/mol. The van der Waals surface area contributed by atoms with Crippen LogP contribution in [0.25, 0.3) is 0 Å². The molecule has 1 aromatic carbocycles. The molecule has 0 saturated carbocycles. The van der Waals surface area contributed by atoms with E-state index in [0.717, 1.165) is 12.1 Å². The zero-order chi connectivity index (χ0) is 13.6. The van der Waals surface area contributed by atoms with Crippen LogP contribution in [0.5, 0.6) is 0 Å². The van der Waals surface area contributed by atoms with Gasteiger partial charge in [0, 0.05) is 0 Å². The summed E-state index contributed by atoms with van der Waals surface area (Å²) in [6.07, 6.45) is -4.33. The van der Waals surface area contributed by atoms with Crippen LogP contribution in [0.15, 0.2) is 36.6 Å². The molecule has 0 N–H and O–H groups in total. The van der Waals surface area contributed by atoms with E-state index in [1.165, 1.54) is 12.1 Å². The molecule has 1 fully saturated rings. The van der Waals surface area contributed by atoms with E-state index in [9.17, 15) is 13.2 Å². The Bertz CT molecular complexity index is 465. The largest absolute Gasteiger partial charge is 0.563 e. The number of hydrogen-bond acceptors (Lipinski definition) is 2. The van der Waals surface area contributed by atoms with Crippen LogP contribution in [0.2, 0.25) is 0 Å². The molecule has 2 rings (SSSR count). The lowest BCUT2D eigenvalue weighted by Gasteiger charge is -2.15. The van der Waals surface area contributed by atoms with Gasteiger partial charge in [-0.1, -0.05) is 30.8 Å². The third-order valence-corrected chi connectivity index (χ3v) is 2.83. The Hall–Kier alpha value is -1.43. The van der Waals surface area contributed by atoms with Gasteiger partial charge in [-0.2, -0.15) is 13.2 Å². The zero-order valence-corrected chi connectivity index (χ0v) is 10.0. The Morgan fingerprint density at radius 2 is 1.72 bits per heavy atom. The van der Waals surface area contributed by atoms with Gasteiger partial charge in [-0.05, 0) is 19.3 Å². The summed E-state index contributed by atoms with van der Waals surface area (Å²) >= 11 is 0. The summed E-state index contributed by atoms with van der Waals surface area (Å²) < 4.78 is 48.2. The highest BCUT2D eigenvalue weighted by atomic mass is 19.4. The minimum absolute atomic E-state index is 0.465. The number of halogens is 3. The Kier molecular flexibility index (Phi) is 2.93. The van der Waals surface area contributed by atoms with Crippen LogP contribution in [0.4, 0.5) is 13.2 Å². The second kappa shape index (κ2) is 4.05. The second-order valence-corrected chi connectivity index (χ2v) is 4.62. The summed E-state index contributed by atoms with van der Waals surface area (Å²) in [7, 11) is -0.699. The first-order valence-corrected chi connectivity index (χ1v) is 5.41. The summed E-state index contributed by atoms with van der Waals surface area (Å²) in [6.45, 7) is 7.29. The van der Waals surface area contributed by atoms with Crippen LogP contribution < -0.4 is 5.46 Å². The summed E-state index contributed by atoms with van der Waals surface area (Å²) in [5.74, 6) is 0.465. The van der Waals surface area contributed by atoms with Crippen molar-refractivity contribution in [2.24, 2.45) is 0 Å². The van der Waals surface area contributed by atoms with Gasteiger partial charge in [0.1, 0.15) is 5.60 Å². The fourth-order valence-electron chi connectivity index (χ4n) is 1.59. The van der Waals surface area contributed by atoms with Gasteiger partial charge in [-0.3, -0.25) is 0 Å². The van der Waals surface area contributed by atoms with Gasteiger partial charge in [0.05, 0.1) is 11.3 Å². The molecule has 6 heteroatoms. The molecule has 0 radical (unpaired) electrons. The molecule has 1 heterocycles. The highest BCUT2D eigenvalue weighted by molar-refractivity contribution is 6.62. The highest BCUT2D eigenvalue weighted by Gasteiger charge is 2.43. The Labute approximate surface area is 104 Å². The van der Waals surface area contributed by atoms with E-state index in [2.05, 4.69) is 6.58 Å². The second-order valence-electron chi connectivity index (χ2n) is 4.62. The van der Waals surface area contributed by atoms with E-state index in [4.69, 9.17) is 9.31 Å². The average molecular weight is 256 g/mol. The Morgan fingerprint density at radius 3 is 2.11 bits per heavy atom. The molecule has 0 amide bonds. The van der Waals surface area contributed by atoms with Crippen molar-refractivity contribution in [3.63, 3.8) is 0 Å². The first-order chi connectivity index (χ1) is 8.20. The van der Waals surface area contributed by atoms with Crippen molar-refractivity contribution in [3.8, 4) is 0 Å². The maximum absolute atomic E-state index is 12.4. The monoisotopic (exact) mass is 256 g/mol. The predicted octanol–water partition coefficient (Wildman–Crippen LogP) is 2.74. The first kappa shape index (κ1) is 13.0. The number of hydrogen-bond donors (Lipinski definition) is 0. The van der Waals surface area contributed by atoms with E-state index in [0.29, 0.717) is 11.2 Å². The first-order valence-electron chi connectivity index (χ1n) is 5.41. The molecule has 0 spiro atoms. The number of rotatable bonds is 1. The third-order valence-electron chi connectivity index (χ3n) is 2.83. The molecule has 0 aromatic heterocycles. The van der Waals surface area contributed by atoms with E-state index in [1.54, 1.807) is 13.8 Å². The Morgan fingerprint density at radius 1 is 1.17 bits per heavy atom. The molecule has 0 aliphatic carbocycles. The predicted molar refractivity (Wildman–Crippen MR) is 62.2 cm³/mol. The fourth-order valence-corrected chi connectivity index (χ4v) is 1.59. The van der Waals surface area contributed by atoms with Gasteiger partial charge in [0.2, 0.25) is 0 Å². The van der Waals surface area contributed by atoms with Gasteiger partial charge in [0.25, 0.3) is 0 Å². The highest BCUT2D eigenvalue weighted by Crippen LogP contribution is 2.30. The summed E-state index contributed by atoms with van der Waals surface area (Å²) in [4.78, 5) is 0. The van der Waals surface area contributed by atoms with Crippen LogP contribution in [0.1, 0.15) is 19.4 Å². The average Bonchev–Trinajstić information content (AvgIpc) is 2.53. The van der Waals surface area contributed by atoms with E-state index in [-0.39, 0.29) is 0 Å². The zero-order valence-electron chi connectivity index (χ0n) is 10.0.